The third-order valence-corrected chi connectivity index (χ3v) is 5.24. The second-order valence-corrected chi connectivity index (χ2v) is 6.78. The van der Waals surface area contributed by atoms with Crippen LogP contribution in [0.4, 0.5) is 11.5 Å². The highest BCUT2D eigenvalue weighted by atomic mass is 32.2. The summed E-state index contributed by atoms with van der Waals surface area (Å²) in [5.41, 5.74) is 3.42. The highest BCUT2D eigenvalue weighted by Gasteiger charge is 2.20. The Balaban J connectivity index is 1.51. The Morgan fingerprint density at radius 3 is 2.84 bits per heavy atom. The molecule has 4 heterocycles. The van der Waals surface area contributed by atoms with E-state index in [1.54, 1.807) is 30.4 Å². The van der Waals surface area contributed by atoms with Gasteiger partial charge in [-0.2, -0.15) is 0 Å². The minimum absolute atomic E-state index is 0.716. The third-order valence-electron chi connectivity index (χ3n) is 4.17. The van der Waals surface area contributed by atoms with Crippen LogP contribution in [0.3, 0.4) is 0 Å². The molecule has 0 amide bonds. The molecule has 0 saturated heterocycles. The van der Waals surface area contributed by atoms with Crippen molar-refractivity contribution in [2.24, 2.45) is 0 Å². The lowest BCUT2D eigenvalue weighted by atomic mass is 10.0. The van der Waals surface area contributed by atoms with Crippen molar-refractivity contribution in [3.05, 3.63) is 72.4 Å². The SMILES string of the molecule is OC(c1ccc2c(c1)Nc1nccnc1S2)c1ccc2nccn2c1. The van der Waals surface area contributed by atoms with E-state index in [-0.39, 0.29) is 0 Å². The molecule has 3 aromatic heterocycles. The molecule has 5 rings (SSSR count). The number of aliphatic hydroxyl groups excluding tert-OH is 1. The molecule has 1 aromatic carbocycles. The van der Waals surface area contributed by atoms with Crippen LogP contribution in [-0.2, 0) is 0 Å². The molecule has 6 nitrogen and oxygen atoms in total. The molecule has 0 spiro atoms. The molecule has 4 aromatic rings. The number of fused-ring (bicyclic) bond motifs is 3. The highest BCUT2D eigenvalue weighted by Crippen LogP contribution is 2.42. The normalized spacial score (nSPS) is 13.8. The van der Waals surface area contributed by atoms with Gasteiger partial charge >= 0.3 is 0 Å². The van der Waals surface area contributed by atoms with Crippen LogP contribution >= 0.6 is 11.8 Å². The molecule has 0 radical (unpaired) electrons. The lowest BCUT2D eigenvalue weighted by Gasteiger charge is -2.20. The van der Waals surface area contributed by atoms with Gasteiger partial charge in [0.05, 0.1) is 5.69 Å². The molecule has 1 aliphatic heterocycles. The lowest BCUT2D eigenvalue weighted by molar-refractivity contribution is 0.220. The van der Waals surface area contributed by atoms with Gasteiger partial charge in [-0.05, 0) is 23.8 Å². The van der Waals surface area contributed by atoms with Gasteiger partial charge < -0.3 is 14.8 Å². The number of pyridine rings is 1. The predicted molar refractivity (Wildman–Crippen MR) is 95.1 cm³/mol. The number of hydrogen-bond donors (Lipinski definition) is 2. The summed E-state index contributed by atoms with van der Waals surface area (Å²) < 4.78 is 1.90. The first kappa shape index (κ1) is 14.4. The number of nitrogens with one attached hydrogen (secondary N) is 1. The molecule has 25 heavy (non-hydrogen) atoms. The topological polar surface area (TPSA) is 75.3 Å². The van der Waals surface area contributed by atoms with Gasteiger partial charge in [-0.25, -0.2) is 15.0 Å². The smallest absolute Gasteiger partial charge is 0.163 e. The Labute approximate surface area is 147 Å². The van der Waals surface area contributed by atoms with E-state index in [2.05, 4.69) is 20.3 Å². The van der Waals surface area contributed by atoms with Gasteiger partial charge in [0.25, 0.3) is 0 Å². The fourth-order valence-electron chi connectivity index (χ4n) is 2.91. The first-order valence-electron chi connectivity index (χ1n) is 7.78. The molecule has 1 unspecified atom stereocenters. The molecule has 2 N–H and O–H groups in total. The standard InChI is InChI=1S/C18H13N5OS/c24-16(12-2-4-15-19-7-8-23(15)10-12)11-1-3-14-13(9-11)22-17-18(25-14)21-6-5-20-17/h1-10,16,24H,(H,20,22). The van der Waals surface area contributed by atoms with Gasteiger partial charge in [-0.15, -0.1) is 0 Å². The molecule has 0 saturated carbocycles. The van der Waals surface area contributed by atoms with Gasteiger partial charge in [-0.3, -0.25) is 0 Å². The molecular weight excluding hydrogens is 334 g/mol. The van der Waals surface area contributed by atoms with E-state index >= 15 is 0 Å². The van der Waals surface area contributed by atoms with Crippen LogP contribution in [0, 0.1) is 0 Å². The maximum Gasteiger partial charge on any atom is 0.163 e. The molecule has 0 aliphatic carbocycles. The minimum Gasteiger partial charge on any atom is -0.384 e. The summed E-state index contributed by atoms with van der Waals surface area (Å²) in [5.74, 6) is 0.742. The number of aromatic nitrogens is 4. The Morgan fingerprint density at radius 1 is 1.00 bits per heavy atom. The summed E-state index contributed by atoms with van der Waals surface area (Å²) >= 11 is 1.57. The number of benzene rings is 1. The van der Waals surface area contributed by atoms with Crippen LogP contribution < -0.4 is 5.32 Å². The van der Waals surface area contributed by atoms with Crippen molar-refractivity contribution >= 4 is 28.9 Å². The molecule has 0 fully saturated rings. The number of imidazole rings is 1. The van der Waals surface area contributed by atoms with Crippen LogP contribution in [0.25, 0.3) is 5.65 Å². The number of aliphatic hydroxyl groups is 1. The van der Waals surface area contributed by atoms with E-state index in [0.717, 1.165) is 38.2 Å². The summed E-state index contributed by atoms with van der Waals surface area (Å²) in [6.07, 6.45) is 8.14. The number of nitrogens with zero attached hydrogens (tertiary/aromatic N) is 4. The summed E-state index contributed by atoms with van der Waals surface area (Å²) in [7, 11) is 0. The number of hydrogen-bond acceptors (Lipinski definition) is 6. The fraction of sp³-hybridized carbons (Fsp3) is 0.0556. The Hall–Kier alpha value is -2.90. The van der Waals surface area contributed by atoms with E-state index in [1.807, 2.05) is 47.1 Å². The minimum atomic E-state index is -0.716. The van der Waals surface area contributed by atoms with Gasteiger partial charge in [-0.1, -0.05) is 23.9 Å². The van der Waals surface area contributed by atoms with Crippen molar-refractivity contribution < 1.29 is 5.11 Å². The highest BCUT2D eigenvalue weighted by molar-refractivity contribution is 7.99. The van der Waals surface area contributed by atoms with E-state index in [9.17, 15) is 5.11 Å². The monoisotopic (exact) mass is 347 g/mol. The molecule has 1 aliphatic rings. The average molecular weight is 347 g/mol. The van der Waals surface area contributed by atoms with E-state index in [4.69, 9.17) is 0 Å². The van der Waals surface area contributed by atoms with E-state index < -0.39 is 6.10 Å². The maximum absolute atomic E-state index is 10.8. The quantitative estimate of drug-likeness (QED) is 0.510. The molecular formula is C18H13N5OS. The van der Waals surface area contributed by atoms with Crippen LogP contribution in [0.2, 0.25) is 0 Å². The van der Waals surface area contributed by atoms with Crippen molar-refractivity contribution in [1.29, 1.82) is 0 Å². The number of rotatable bonds is 2. The van der Waals surface area contributed by atoms with Gasteiger partial charge in [0.2, 0.25) is 0 Å². The maximum atomic E-state index is 10.8. The van der Waals surface area contributed by atoms with Crippen molar-refractivity contribution in [2.45, 2.75) is 16.0 Å². The first-order chi connectivity index (χ1) is 12.3. The van der Waals surface area contributed by atoms with Crippen LogP contribution in [0.5, 0.6) is 0 Å². The van der Waals surface area contributed by atoms with Crippen molar-refractivity contribution in [1.82, 2.24) is 19.4 Å². The number of anilines is 2. The lowest BCUT2D eigenvalue weighted by Crippen LogP contribution is -2.06. The first-order valence-corrected chi connectivity index (χ1v) is 8.60. The van der Waals surface area contributed by atoms with E-state index in [1.165, 1.54) is 0 Å². The van der Waals surface area contributed by atoms with Gasteiger partial charge in [0, 0.05) is 41.4 Å². The Bertz CT molecular complexity index is 1090. The summed E-state index contributed by atoms with van der Waals surface area (Å²) in [4.78, 5) is 13.9. The third kappa shape index (κ3) is 2.45. The zero-order chi connectivity index (χ0) is 16.8. The summed E-state index contributed by atoms with van der Waals surface area (Å²) in [6.45, 7) is 0. The Morgan fingerprint density at radius 2 is 1.88 bits per heavy atom. The zero-order valence-corrected chi connectivity index (χ0v) is 13.8. The van der Waals surface area contributed by atoms with Crippen LogP contribution in [0.15, 0.2) is 71.2 Å². The average Bonchev–Trinajstić information content (AvgIpc) is 3.13. The summed E-state index contributed by atoms with van der Waals surface area (Å²) in [5, 5.41) is 14.9. The zero-order valence-electron chi connectivity index (χ0n) is 13.0. The molecule has 122 valence electrons. The van der Waals surface area contributed by atoms with Gasteiger partial charge in [0.1, 0.15) is 16.8 Å². The molecule has 0 bridgehead atoms. The Kier molecular flexibility index (Phi) is 3.22. The molecule has 1 atom stereocenters. The van der Waals surface area contributed by atoms with Gasteiger partial charge in [0.15, 0.2) is 5.82 Å². The second kappa shape index (κ2) is 5.58. The fourth-order valence-corrected chi connectivity index (χ4v) is 3.79. The van der Waals surface area contributed by atoms with E-state index in [0.29, 0.717) is 0 Å². The summed E-state index contributed by atoms with van der Waals surface area (Å²) in [6, 6.07) is 9.70. The molecule has 7 heteroatoms. The van der Waals surface area contributed by atoms with Crippen molar-refractivity contribution in [3.63, 3.8) is 0 Å². The predicted octanol–water partition coefficient (Wildman–Crippen LogP) is 3.41. The van der Waals surface area contributed by atoms with Crippen molar-refractivity contribution in [3.8, 4) is 0 Å². The van der Waals surface area contributed by atoms with Crippen molar-refractivity contribution in [2.75, 3.05) is 5.32 Å². The second-order valence-electron chi connectivity index (χ2n) is 5.75. The van der Waals surface area contributed by atoms with Crippen LogP contribution in [-0.4, -0.2) is 24.5 Å². The largest absolute Gasteiger partial charge is 0.384 e. The van der Waals surface area contributed by atoms with Crippen LogP contribution in [0.1, 0.15) is 17.2 Å².